The Bertz CT molecular complexity index is 199. The van der Waals surface area contributed by atoms with Crippen molar-refractivity contribution in [2.24, 2.45) is 0 Å². The molecule has 5 nitrogen and oxygen atoms in total. The summed E-state index contributed by atoms with van der Waals surface area (Å²) in [7, 11) is 0. The van der Waals surface area contributed by atoms with E-state index in [0.29, 0.717) is 0 Å². The van der Waals surface area contributed by atoms with Gasteiger partial charge < -0.3 is 11.4 Å². The summed E-state index contributed by atoms with van der Waals surface area (Å²) in [6.07, 6.45) is 0.361. The molecule has 0 radical (unpaired) electrons. The summed E-state index contributed by atoms with van der Waals surface area (Å²) >= 11 is -2.64. The highest BCUT2D eigenvalue weighted by Gasteiger charge is 2.43. The fraction of sp³-hybridized carbons (Fsp3) is 0.778. The minimum absolute atomic E-state index is 0.129. The van der Waals surface area contributed by atoms with Gasteiger partial charge in [0, 0.05) is 18.9 Å². The highest BCUT2D eigenvalue weighted by Crippen LogP contribution is 2.01. The van der Waals surface area contributed by atoms with Crippen LogP contribution in [0.2, 0.25) is 0 Å². The van der Waals surface area contributed by atoms with Crippen LogP contribution in [0.4, 0.5) is 0 Å². The second kappa shape index (κ2) is 7.69. The summed E-state index contributed by atoms with van der Waals surface area (Å²) in [5.74, 6) is -0.813. The van der Waals surface area contributed by atoms with Gasteiger partial charge in [0.25, 0.3) is 11.9 Å². The minimum Gasteiger partial charge on any atom is -0.562 e. The Balaban J connectivity index is 4.17. The normalized spacial score (nSPS) is 9.93. The molecule has 15 heavy (non-hydrogen) atoms. The minimum atomic E-state index is -2.64. The average Bonchev–Trinajstić information content (AvgIpc) is 2.16. The van der Waals surface area contributed by atoms with E-state index in [1.807, 2.05) is 0 Å². The Morgan fingerprint density at radius 2 is 1.47 bits per heavy atom. The lowest BCUT2D eigenvalue weighted by Gasteiger charge is -2.14. The van der Waals surface area contributed by atoms with Gasteiger partial charge in [0.1, 0.15) is 0 Å². The van der Waals surface area contributed by atoms with E-state index in [0.717, 1.165) is 0 Å². The second-order valence-corrected chi connectivity index (χ2v) is 4.48. The van der Waals surface area contributed by atoms with Crippen molar-refractivity contribution in [2.45, 2.75) is 46.6 Å². The molecule has 0 aromatic carbocycles. The summed E-state index contributed by atoms with van der Waals surface area (Å²) < 4.78 is 15.1. The molecule has 0 amide bonds. The van der Waals surface area contributed by atoms with Crippen LogP contribution >= 0.6 is 0 Å². The second-order valence-electron chi connectivity index (χ2n) is 3.16. The van der Waals surface area contributed by atoms with Gasteiger partial charge in [-0.2, -0.15) is 0 Å². The van der Waals surface area contributed by atoms with Gasteiger partial charge in [-0.25, -0.2) is 0 Å². The lowest BCUT2D eigenvalue weighted by molar-refractivity contribution is -0.143. The van der Waals surface area contributed by atoms with Crippen LogP contribution in [-0.4, -0.2) is 33.2 Å². The van der Waals surface area contributed by atoms with Gasteiger partial charge in [-0.3, -0.25) is 9.59 Å². The first-order valence-electron chi connectivity index (χ1n) is 5.04. The van der Waals surface area contributed by atoms with Crippen molar-refractivity contribution in [1.82, 2.24) is 0 Å². The third-order valence-electron chi connectivity index (χ3n) is 1.42. The van der Waals surface area contributed by atoms with Crippen LogP contribution in [0.5, 0.6) is 0 Å². The van der Waals surface area contributed by atoms with Crippen LogP contribution in [-0.2, 0) is 21.0 Å². The van der Waals surface area contributed by atoms with Crippen molar-refractivity contribution in [3.8, 4) is 0 Å². The Morgan fingerprint density at radius 3 is 1.73 bits per heavy atom. The van der Waals surface area contributed by atoms with Gasteiger partial charge >= 0.3 is 15.1 Å². The van der Waals surface area contributed by atoms with Crippen LogP contribution < -0.4 is 0 Å². The van der Waals surface area contributed by atoms with Crippen LogP contribution in [0.3, 0.4) is 0 Å². The maximum Gasteiger partial charge on any atom is 1.10 e. The Kier molecular flexibility index (Phi) is 7.40. The topological polar surface area (TPSA) is 61.8 Å². The number of hydrogen-bond acceptors (Lipinski definition) is 5. The van der Waals surface area contributed by atoms with Crippen molar-refractivity contribution in [2.75, 3.05) is 0 Å². The third-order valence-corrected chi connectivity index (χ3v) is 3.09. The number of carbonyl (C=O) groups excluding carboxylic acids is 2. The van der Waals surface area contributed by atoms with Gasteiger partial charge in [0.15, 0.2) is 0 Å². The highest BCUT2D eigenvalue weighted by atomic mass is 27.3. The molecule has 0 aliphatic carbocycles. The third kappa shape index (κ3) is 7.37. The molecule has 0 saturated carbocycles. The van der Waals surface area contributed by atoms with Gasteiger partial charge in [-0.1, -0.05) is 13.8 Å². The lowest BCUT2D eigenvalue weighted by atomic mass is 10.5. The Labute approximate surface area is 95.1 Å². The predicted molar refractivity (Wildman–Crippen MR) is 54.7 cm³/mol. The fourth-order valence-corrected chi connectivity index (χ4v) is 2.05. The summed E-state index contributed by atoms with van der Waals surface area (Å²) in [5, 5.41) is 0. The molecule has 0 aromatic heterocycles. The van der Waals surface area contributed by atoms with E-state index in [1.54, 1.807) is 27.7 Å². The molecule has 0 rings (SSSR count). The van der Waals surface area contributed by atoms with Crippen LogP contribution in [0, 0.1) is 0 Å². The molecule has 0 atom stereocenters. The van der Waals surface area contributed by atoms with E-state index >= 15 is 0 Å². The van der Waals surface area contributed by atoms with E-state index in [9.17, 15) is 9.59 Å². The molecule has 0 saturated heterocycles. The highest BCUT2D eigenvalue weighted by molar-refractivity contribution is 6.41. The van der Waals surface area contributed by atoms with Gasteiger partial charge in [-0.05, 0) is 13.8 Å². The molecular formula is C9H17AlO5. The van der Waals surface area contributed by atoms with Crippen molar-refractivity contribution in [3.05, 3.63) is 0 Å². The maximum atomic E-state index is 11.0. The SMILES string of the molecule is CCC(=O)[O][Al]([O]C(=O)CC)[O]C(C)C. The fourth-order valence-electron chi connectivity index (χ4n) is 0.683. The van der Waals surface area contributed by atoms with Crippen molar-refractivity contribution >= 4 is 27.1 Å². The Hall–Kier alpha value is -0.568. The molecule has 0 fully saturated rings. The number of hydrogen-bond donors (Lipinski definition) is 0. The molecule has 0 aliphatic rings. The molecule has 6 heteroatoms. The van der Waals surface area contributed by atoms with Crippen LogP contribution in [0.15, 0.2) is 0 Å². The maximum absolute atomic E-state index is 11.0. The van der Waals surface area contributed by atoms with E-state index in [1.165, 1.54) is 0 Å². The molecule has 0 N–H and O–H groups in total. The van der Waals surface area contributed by atoms with Gasteiger partial charge in [0.2, 0.25) is 0 Å². The molecule has 0 aliphatic heterocycles. The molecule has 0 aromatic rings. The molecule has 86 valence electrons. The number of rotatable bonds is 6. The standard InChI is InChI=1S/2C3H6O2.C3H7O.Al/c2*1-2-3(4)5;1-3(2)4;/h2*2H2,1H3,(H,4,5);3H,1-2H3;/q;;-1;+3/p-2. The average molecular weight is 232 g/mol. The molecule has 0 heterocycles. The van der Waals surface area contributed by atoms with Crippen LogP contribution in [0.1, 0.15) is 40.5 Å². The first-order chi connectivity index (χ1) is 6.99. The van der Waals surface area contributed by atoms with Crippen molar-refractivity contribution < 1.29 is 21.0 Å². The summed E-state index contributed by atoms with van der Waals surface area (Å²) in [4.78, 5) is 22.0. The van der Waals surface area contributed by atoms with Crippen molar-refractivity contribution in [1.29, 1.82) is 0 Å². The summed E-state index contributed by atoms with van der Waals surface area (Å²) in [5.41, 5.74) is 0. The largest absolute Gasteiger partial charge is 1.10 e. The molecule has 0 bridgehead atoms. The lowest BCUT2D eigenvalue weighted by Crippen LogP contribution is -2.34. The molecular weight excluding hydrogens is 215 g/mol. The first kappa shape index (κ1) is 14.4. The van der Waals surface area contributed by atoms with Crippen molar-refractivity contribution in [3.63, 3.8) is 0 Å². The van der Waals surface area contributed by atoms with E-state index in [2.05, 4.69) is 0 Å². The quantitative estimate of drug-likeness (QED) is 0.646. The monoisotopic (exact) mass is 232 g/mol. The zero-order chi connectivity index (χ0) is 11.8. The van der Waals surface area contributed by atoms with Gasteiger partial charge in [-0.15, -0.1) is 0 Å². The molecule has 0 unspecified atom stereocenters. The zero-order valence-corrected chi connectivity index (χ0v) is 10.8. The first-order valence-corrected chi connectivity index (χ1v) is 6.45. The molecule has 0 spiro atoms. The zero-order valence-electron chi connectivity index (χ0n) is 9.61. The summed E-state index contributed by atoms with van der Waals surface area (Å²) in [6, 6.07) is 0. The summed E-state index contributed by atoms with van der Waals surface area (Å²) in [6.45, 7) is 6.93. The van der Waals surface area contributed by atoms with Crippen LogP contribution in [0.25, 0.3) is 0 Å². The predicted octanol–water partition coefficient (Wildman–Crippen LogP) is 1.30. The van der Waals surface area contributed by atoms with E-state index in [4.69, 9.17) is 11.4 Å². The van der Waals surface area contributed by atoms with E-state index < -0.39 is 27.1 Å². The Morgan fingerprint density at radius 1 is 1.07 bits per heavy atom. The smallest absolute Gasteiger partial charge is 0.562 e. The van der Waals surface area contributed by atoms with Gasteiger partial charge in [0.05, 0.1) is 0 Å². The van der Waals surface area contributed by atoms with E-state index in [-0.39, 0.29) is 18.9 Å². The number of carbonyl (C=O) groups is 2.